The highest BCUT2D eigenvalue weighted by Crippen LogP contribution is 2.41. The fourth-order valence-corrected chi connectivity index (χ4v) is 3.78. The number of thiazole rings is 1. The largest absolute Gasteiger partial charge is 0.383 e. The number of piperidine rings is 1. The van der Waals surface area contributed by atoms with E-state index in [-0.39, 0.29) is 0 Å². The lowest BCUT2D eigenvalue weighted by molar-refractivity contribution is -0.0117. The van der Waals surface area contributed by atoms with E-state index in [1.54, 1.807) is 11.3 Å². The Kier molecular flexibility index (Phi) is 2.13. The zero-order valence-electron chi connectivity index (χ0n) is 8.86. The summed E-state index contributed by atoms with van der Waals surface area (Å²) in [4.78, 5) is 4.44. The smallest absolute Gasteiger partial charge is 0.125 e. The first-order valence-corrected chi connectivity index (χ1v) is 6.45. The summed E-state index contributed by atoms with van der Waals surface area (Å²) < 4.78 is 0. The highest BCUT2D eigenvalue weighted by atomic mass is 32.1. The molecule has 3 nitrogen and oxygen atoms in total. The summed E-state index contributed by atoms with van der Waals surface area (Å²) in [6.07, 6.45) is 4.07. The Bertz CT molecular complexity index is 364. The molecule has 15 heavy (non-hydrogen) atoms. The van der Waals surface area contributed by atoms with Crippen LogP contribution in [-0.2, 0) is 5.60 Å². The molecular formula is C11H16N2OS. The second-order valence-electron chi connectivity index (χ2n) is 4.87. The molecule has 2 unspecified atom stereocenters. The van der Waals surface area contributed by atoms with Crippen LogP contribution in [0.3, 0.4) is 0 Å². The van der Waals surface area contributed by atoms with Crippen LogP contribution in [0.15, 0.2) is 5.38 Å². The Hall–Kier alpha value is -0.450. The fraction of sp³-hybridized carbons (Fsp3) is 0.727. The number of hydrogen-bond donors (Lipinski definition) is 2. The molecule has 2 fully saturated rings. The molecule has 0 aromatic carbocycles. The Morgan fingerprint density at radius 3 is 2.67 bits per heavy atom. The fourth-order valence-electron chi connectivity index (χ4n) is 2.87. The lowest BCUT2D eigenvalue weighted by Crippen LogP contribution is -2.46. The highest BCUT2D eigenvalue weighted by molar-refractivity contribution is 7.09. The van der Waals surface area contributed by atoms with Crippen LogP contribution in [0.2, 0.25) is 0 Å². The van der Waals surface area contributed by atoms with E-state index in [2.05, 4.69) is 10.3 Å². The van der Waals surface area contributed by atoms with Crippen LogP contribution < -0.4 is 5.32 Å². The van der Waals surface area contributed by atoms with Gasteiger partial charge < -0.3 is 10.4 Å². The summed E-state index contributed by atoms with van der Waals surface area (Å²) in [6, 6.07) is 0.996. The molecule has 0 radical (unpaired) electrons. The van der Waals surface area contributed by atoms with Crippen LogP contribution in [0.4, 0.5) is 0 Å². The monoisotopic (exact) mass is 224 g/mol. The highest BCUT2D eigenvalue weighted by Gasteiger charge is 2.45. The zero-order chi connectivity index (χ0) is 10.5. The molecule has 0 amide bonds. The van der Waals surface area contributed by atoms with Gasteiger partial charge in [0.05, 0.1) is 0 Å². The molecule has 0 aliphatic carbocycles. The Balaban J connectivity index is 1.90. The summed E-state index contributed by atoms with van der Waals surface area (Å²) in [5.41, 5.74) is 0.366. The van der Waals surface area contributed by atoms with Gasteiger partial charge >= 0.3 is 0 Å². The van der Waals surface area contributed by atoms with Gasteiger partial charge in [0.2, 0.25) is 0 Å². The average Bonchev–Trinajstić information content (AvgIpc) is 2.74. The van der Waals surface area contributed by atoms with Crippen molar-refractivity contribution in [3.8, 4) is 0 Å². The van der Waals surface area contributed by atoms with Gasteiger partial charge in [0, 0.05) is 23.2 Å². The summed E-state index contributed by atoms with van der Waals surface area (Å²) in [6.45, 7) is 1.99. The van der Waals surface area contributed by atoms with Crippen LogP contribution in [-0.4, -0.2) is 22.2 Å². The van der Waals surface area contributed by atoms with E-state index in [4.69, 9.17) is 0 Å². The minimum Gasteiger partial charge on any atom is -0.383 e. The third-order valence-corrected chi connectivity index (χ3v) is 4.67. The predicted octanol–water partition coefficient (Wildman–Crippen LogP) is 1.55. The van der Waals surface area contributed by atoms with Crippen molar-refractivity contribution in [2.24, 2.45) is 0 Å². The van der Waals surface area contributed by atoms with Crippen molar-refractivity contribution in [3.63, 3.8) is 0 Å². The molecular weight excluding hydrogens is 208 g/mol. The maximum Gasteiger partial charge on any atom is 0.125 e. The number of fused-ring (bicyclic) bond motifs is 2. The summed E-state index contributed by atoms with van der Waals surface area (Å²) >= 11 is 1.60. The van der Waals surface area contributed by atoms with E-state index in [0.717, 1.165) is 23.5 Å². The van der Waals surface area contributed by atoms with Gasteiger partial charge in [-0.1, -0.05) is 0 Å². The van der Waals surface area contributed by atoms with Gasteiger partial charge in [0.15, 0.2) is 0 Å². The lowest BCUT2D eigenvalue weighted by atomic mass is 9.88. The number of nitrogens with zero attached hydrogens (tertiary/aromatic N) is 1. The van der Waals surface area contributed by atoms with E-state index >= 15 is 0 Å². The first-order valence-electron chi connectivity index (χ1n) is 5.57. The van der Waals surface area contributed by atoms with E-state index in [9.17, 15) is 5.11 Å². The molecule has 0 saturated carbocycles. The summed E-state index contributed by atoms with van der Waals surface area (Å²) in [5, 5.41) is 17.1. The molecule has 2 aliphatic rings. The van der Waals surface area contributed by atoms with Crippen molar-refractivity contribution >= 4 is 11.3 Å². The number of aryl methyl sites for hydroxylation is 1. The second kappa shape index (κ2) is 3.27. The molecule has 3 rings (SSSR count). The third kappa shape index (κ3) is 1.61. The number of aromatic nitrogens is 1. The molecule has 2 N–H and O–H groups in total. The van der Waals surface area contributed by atoms with Crippen molar-refractivity contribution in [2.75, 3.05) is 0 Å². The predicted molar refractivity (Wildman–Crippen MR) is 59.9 cm³/mol. The van der Waals surface area contributed by atoms with Crippen LogP contribution in [0, 0.1) is 6.92 Å². The minimum absolute atomic E-state index is 0.498. The zero-order valence-corrected chi connectivity index (χ0v) is 9.68. The standard InChI is InChI=1S/C11H16N2OS/c1-7-6-15-10(12-7)11(14)4-8-2-3-9(5-11)13-8/h6,8-9,13-14H,2-5H2,1H3. The molecule has 1 aromatic rings. The Morgan fingerprint density at radius 2 is 2.13 bits per heavy atom. The first-order chi connectivity index (χ1) is 7.16. The number of rotatable bonds is 1. The van der Waals surface area contributed by atoms with E-state index in [1.165, 1.54) is 12.8 Å². The van der Waals surface area contributed by atoms with Gasteiger partial charge in [-0.3, -0.25) is 0 Å². The molecule has 2 saturated heterocycles. The van der Waals surface area contributed by atoms with Crippen LogP contribution in [0.5, 0.6) is 0 Å². The number of nitrogens with one attached hydrogen (secondary N) is 1. The molecule has 0 spiro atoms. The molecule has 2 atom stereocenters. The van der Waals surface area contributed by atoms with Crippen LogP contribution in [0.1, 0.15) is 36.4 Å². The molecule has 1 aromatic heterocycles. The quantitative estimate of drug-likeness (QED) is 0.761. The lowest BCUT2D eigenvalue weighted by Gasteiger charge is -2.35. The molecule has 2 aliphatic heterocycles. The minimum atomic E-state index is -0.657. The molecule has 3 heterocycles. The first kappa shape index (κ1) is 9.75. The summed E-state index contributed by atoms with van der Waals surface area (Å²) in [7, 11) is 0. The molecule has 2 bridgehead atoms. The average molecular weight is 224 g/mol. The van der Waals surface area contributed by atoms with E-state index in [1.807, 2.05) is 12.3 Å². The topological polar surface area (TPSA) is 45.1 Å². The maximum absolute atomic E-state index is 10.6. The third-order valence-electron chi connectivity index (χ3n) is 3.52. The van der Waals surface area contributed by atoms with Gasteiger partial charge in [-0.15, -0.1) is 11.3 Å². The van der Waals surface area contributed by atoms with E-state index < -0.39 is 5.60 Å². The molecule has 4 heteroatoms. The van der Waals surface area contributed by atoms with Gasteiger partial charge in [0.25, 0.3) is 0 Å². The Morgan fingerprint density at radius 1 is 1.47 bits per heavy atom. The van der Waals surface area contributed by atoms with E-state index in [0.29, 0.717) is 12.1 Å². The van der Waals surface area contributed by atoms with Gasteiger partial charge in [-0.25, -0.2) is 4.98 Å². The number of hydrogen-bond acceptors (Lipinski definition) is 4. The van der Waals surface area contributed by atoms with Crippen molar-refractivity contribution in [2.45, 2.75) is 50.3 Å². The van der Waals surface area contributed by atoms with Crippen LogP contribution >= 0.6 is 11.3 Å². The van der Waals surface area contributed by atoms with Crippen molar-refractivity contribution in [3.05, 3.63) is 16.1 Å². The van der Waals surface area contributed by atoms with Crippen molar-refractivity contribution in [1.29, 1.82) is 0 Å². The normalized spacial score (nSPS) is 39.6. The van der Waals surface area contributed by atoms with Gasteiger partial charge in [-0.05, 0) is 32.6 Å². The number of aliphatic hydroxyl groups is 1. The summed E-state index contributed by atoms with van der Waals surface area (Å²) in [5.74, 6) is 0. The second-order valence-corrected chi connectivity index (χ2v) is 5.73. The van der Waals surface area contributed by atoms with Gasteiger partial charge in [0.1, 0.15) is 10.6 Å². The van der Waals surface area contributed by atoms with Gasteiger partial charge in [-0.2, -0.15) is 0 Å². The van der Waals surface area contributed by atoms with Crippen molar-refractivity contribution < 1.29 is 5.11 Å². The Labute approximate surface area is 93.5 Å². The maximum atomic E-state index is 10.6. The van der Waals surface area contributed by atoms with Crippen molar-refractivity contribution in [1.82, 2.24) is 10.3 Å². The van der Waals surface area contributed by atoms with Crippen LogP contribution in [0.25, 0.3) is 0 Å². The molecule has 82 valence electrons. The SMILES string of the molecule is Cc1csc(C2(O)CC3CCC(C2)N3)n1.